The molecule has 1 unspecified atom stereocenters. The van der Waals surface area contributed by atoms with Gasteiger partial charge < -0.3 is 10.1 Å². The number of hydrogen-bond acceptors (Lipinski definition) is 3. The highest BCUT2D eigenvalue weighted by atomic mass is 32.1. The van der Waals surface area contributed by atoms with Gasteiger partial charge in [-0.3, -0.25) is 0 Å². The number of rotatable bonds is 1. The predicted molar refractivity (Wildman–Crippen MR) is 110 cm³/mol. The van der Waals surface area contributed by atoms with Crippen LogP contribution in [0, 0.1) is 11.6 Å². The largest absolute Gasteiger partial charge is 0.476 e. The summed E-state index contributed by atoms with van der Waals surface area (Å²) in [6.07, 6.45) is 1.74. The Bertz CT molecular complexity index is 1130. The van der Waals surface area contributed by atoms with Crippen LogP contribution in [0.1, 0.15) is 42.9 Å². The number of thiophene rings is 1. The van der Waals surface area contributed by atoms with Gasteiger partial charge in [0.2, 0.25) is 0 Å². The zero-order chi connectivity index (χ0) is 19.6. The topological polar surface area (TPSA) is 21.3 Å². The van der Waals surface area contributed by atoms with Gasteiger partial charge in [-0.1, -0.05) is 18.2 Å². The normalized spacial score (nSPS) is 18.9. The zero-order valence-electron chi connectivity index (χ0n) is 15.8. The van der Waals surface area contributed by atoms with Crippen molar-refractivity contribution in [2.75, 3.05) is 5.32 Å². The molecule has 3 heterocycles. The maximum atomic E-state index is 14.6. The molecule has 142 valence electrons. The highest BCUT2D eigenvalue weighted by Crippen LogP contribution is 2.52. The van der Waals surface area contributed by atoms with Gasteiger partial charge in [0.15, 0.2) is 17.7 Å². The third-order valence-corrected chi connectivity index (χ3v) is 6.19. The van der Waals surface area contributed by atoms with Crippen LogP contribution in [0.15, 0.2) is 47.9 Å². The molecule has 28 heavy (non-hydrogen) atoms. The number of anilines is 1. The molecular weight excluding hydrogens is 376 g/mol. The van der Waals surface area contributed by atoms with E-state index in [4.69, 9.17) is 4.74 Å². The van der Waals surface area contributed by atoms with Crippen molar-refractivity contribution < 1.29 is 13.5 Å². The van der Waals surface area contributed by atoms with Crippen LogP contribution in [0.5, 0.6) is 5.75 Å². The molecule has 5 heteroatoms. The van der Waals surface area contributed by atoms with Crippen LogP contribution < -0.4 is 10.1 Å². The van der Waals surface area contributed by atoms with Crippen molar-refractivity contribution in [3.8, 4) is 16.9 Å². The highest BCUT2D eigenvalue weighted by Gasteiger charge is 2.36. The molecule has 0 radical (unpaired) electrons. The molecule has 1 N–H and O–H groups in total. The fourth-order valence-electron chi connectivity index (χ4n) is 4.35. The fraction of sp³-hybridized carbons (Fsp3) is 0.217. The van der Waals surface area contributed by atoms with Crippen LogP contribution >= 0.6 is 11.3 Å². The Kier molecular flexibility index (Phi) is 3.68. The molecule has 0 saturated carbocycles. The molecule has 0 spiro atoms. The molecule has 2 aliphatic heterocycles. The summed E-state index contributed by atoms with van der Waals surface area (Å²) in [6, 6.07) is 10.1. The van der Waals surface area contributed by atoms with Crippen molar-refractivity contribution in [3.63, 3.8) is 0 Å². The van der Waals surface area contributed by atoms with Crippen molar-refractivity contribution in [1.29, 1.82) is 0 Å². The average molecular weight is 395 g/mol. The van der Waals surface area contributed by atoms with E-state index in [1.807, 2.05) is 29.6 Å². The molecule has 3 aromatic rings. The van der Waals surface area contributed by atoms with Gasteiger partial charge in [0.1, 0.15) is 5.82 Å². The number of halogens is 2. The smallest absolute Gasteiger partial charge is 0.168 e. The monoisotopic (exact) mass is 395 g/mol. The van der Waals surface area contributed by atoms with Gasteiger partial charge in [-0.2, -0.15) is 0 Å². The van der Waals surface area contributed by atoms with E-state index in [2.05, 4.69) is 32.2 Å². The van der Waals surface area contributed by atoms with E-state index in [0.29, 0.717) is 5.56 Å². The van der Waals surface area contributed by atoms with E-state index in [-0.39, 0.29) is 11.3 Å². The minimum Gasteiger partial charge on any atom is -0.476 e. The highest BCUT2D eigenvalue weighted by molar-refractivity contribution is 7.10. The molecule has 1 atom stereocenters. The molecule has 1 aromatic heterocycles. The first-order chi connectivity index (χ1) is 13.3. The fourth-order valence-corrected chi connectivity index (χ4v) is 5.11. The minimum absolute atomic E-state index is 0.109. The van der Waals surface area contributed by atoms with Crippen LogP contribution in [0.2, 0.25) is 0 Å². The lowest BCUT2D eigenvalue weighted by molar-refractivity contribution is 0.234. The van der Waals surface area contributed by atoms with E-state index in [9.17, 15) is 8.78 Å². The maximum Gasteiger partial charge on any atom is 0.168 e. The first kappa shape index (κ1) is 17.4. The summed E-state index contributed by atoms with van der Waals surface area (Å²) >= 11 is 1.57. The summed E-state index contributed by atoms with van der Waals surface area (Å²) in [6.45, 7) is 6.31. The number of benzene rings is 2. The zero-order valence-corrected chi connectivity index (χ0v) is 16.6. The number of nitrogens with one attached hydrogen (secondary N) is 1. The first-order valence-corrected chi connectivity index (χ1v) is 10.1. The summed E-state index contributed by atoms with van der Waals surface area (Å²) in [4.78, 5) is 0.988. The summed E-state index contributed by atoms with van der Waals surface area (Å²) in [5.74, 6) is -1.17. The third kappa shape index (κ3) is 2.57. The average Bonchev–Trinajstić information content (AvgIpc) is 3.13. The van der Waals surface area contributed by atoms with Crippen molar-refractivity contribution in [2.24, 2.45) is 0 Å². The second-order valence-corrected chi connectivity index (χ2v) is 8.88. The van der Waals surface area contributed by atoms with Crippen molar-refractivity contribution in [3.05, 3.63) is 75.5 Å². The molecule has 2 nitrogen and oxygen atoms in total. The number of ether oxygens (including phenoxy) is 1. The van der Waals surface area contributed by atoms with Gasteiger partial charge in [-0.05, 0) is 55.5 Å². The lowest BCUT2D eigenvalue weighted by Crippen LogP contribution is -2.32. The van der Waals surface area contributed by atoms with Crippen molar-refractivity contribution in [2.45, 2.75) is 32.4 Å². The summed E-state index contributed by atoms with van der Waals surface area (Å²) < 4.78 is 34.8. The molecular formula is C23H19F2NOS. The standard InChI is InChI=1S/C23H19F2NOS/c1-12-11-23(2,3)26-17-7-6-14-15-9-13(24)10-16(25)21(15)27-22(20(14)19(12)17)18-5-4-8-28-18/h4-11,22,26H,1-3H3. The van der Waals surface area contributed by atoms with Crippen LogP contribution in [0.25, 0.3) is 16.7 Å². The van der Waals surface area contributed by atoms with E-state index in [1.165, 1.54) is 6.07 Å². The predicted octanol–water partition coefficient (Wildman–Crippen LogP) is 6.78. The Hall–Kier alpha value is -2.66. The van der Waals surface area contributed by atoms with Gasteiger partial charge in [-0.25, -0.2) is 8.78 Å². The Morgan fingerprint density at radius 2 is 1.93 bits per heavy atom. The Morgan fingerprint density at radius 1 is 1.11 bits per heavy atom. The van der Waals surface area contributed by atoms with Crippen LogP contribution in [-0.2, 0) is 0 Å². The maximum absolute atomic E-state index is 14.6. The molecule has 0 amide bonds. The molecule has 0 saturated heterocycles. The van der Waals surface area contributed by atoms with E-state index in [0.717, 1.165) is 38.9 Å². The molecule has 0 fully saturated rings. The third-order valence-electron chi connectivity index (χ3n) is 5.27. The molecule has 2 aromatic carbocycles. The van der Waals surface area contributed by atoms with Gasteiger partial charge >= 0.3 is 0 Å². The lowest BCUT2D eigenvalue weighted by atomic mass is 9.81. The Morgan fingerprint density at radius 3 is 2.68 bits per heavy atom. The van der Waals surface area contributed by atoms with E-state index >= 15 is 0 Å². The van der Waals surface area contributed by atoms with Crippen LogP contribution in [0.3, 0.4) is 0 Å². The van der Waals surface area contributed by atoms with Crippen molar-refractivity contribution in [1.82, 2.24) is 0 Å². The number of allylic oxidation sites excluding steroid dienone is 1. The van der Waals surface area contributed by atoms with Gasteiger partial charge in [0.25, 0.3) is 0 Å². The lowest BCUT2D eigenvalue weighted by Gasteiger charge is -2.37. The van der Waals surface area contributed by atoms with Crippen LogP contribution in [0.4, 0.5) is 14.5 Å². The quantitative estimate of drug-likeness (QED) is 0.490. The molecule has 0 bridgehead atoms. The van der Waals surface area contributed by atoms with Gasteiger partial charge in [0, 0.05) is 33.3 Å². The first-order valence-electron chi connectivity index (χ1n) is 9.18. The second kappa shape index (κ2) is 5.92. The number of fused-ring (bicyclic) bond motifs is 5. The molecule has 0 aliphatic carbocycles. The summed E-state index contributed by atoms with van der Waals surface area (Å²) in [7, 11) is 0. The van der Waals surface area contributed by atoms with Gasteiger partial charge in [-0.15, -0.1) is 11.3 Å². The van der Waals surface area contributed by atoms with Gasteiger partial charge in [0.05, 0.1) is 5.54 Å². The number of hydrogen-bond donors (Lipinski definition) is 1. The van der Waals surface area contributed by atoms with Crippen molar-refractivity contribution >= 4 is 22.6 Å². The van der Waals surface area contributed by atoms with E-state index in [1.54, 1.807) is 11.3 Å². The second-order valence-electron chi connectivity index (χ2n) is 7.90. The summed E-state index contributed by atoms with van der Waals surface area (Å²) in [5.41, 5.74) is 5.23. The molecule has 5 rings (SSSR count). The summed E-state index contributed by atoms with van der Waals surface area (Å²) in [5, 5.41) is 5.53. The Balaban J connectivity index is 1.84. The Labute approximate surface area is 166 Å². The van der Waals surface area contributed by atoms with E-state index < -0.39 is 17.7 Å². The molecule has 2 aliphatic rings. The minimum atomic E-state index is -0.675. The van der Waals surface area contributed by atoms with Crippen LogP contribution in [-0.4, -0.2) is 5.54 Å². The SMILES string of the molecule is CC1=CC(C)(C)Nc2ccc3c(c21)C(c1cccs1)Oc1c(F)cc(F)cc1-3.